The highest BCUT2D eigenvalue weighted by molar-refractivity contribution is 6.31. The monoisotopic (exact) mass is 412 g/mol. The Labute approximate surface area is 173 Å². The highest BCUT2D eigenvalue weighted by Gasteiger charge is 2.53. The summed E-state index contributed by atoms with van der Waals surface area (Å²) < 4.78 is 16.1. The minimum atomic E-state index is -0.639. The van der Waals surface area contributed by atoms with Gasteiger partial charge in [0, 0.05) is 23.2 Å². The van der Waals surface area contributed by atoms with Crippen LogP contribution >= 0.6 is 11.6 Å². The van der Waals surface area contributed by atoms with Crippen molar-refractivity contribution in [2.75, 3.05) is 14.2 Å². The Kier molecular flexibility index (Phi) is 5.20. The summed E-state index contributed by atoms with van der Waals surface area (Å²) in [7, 11) is 3.16. The molecule has 29 heavy (non-hydrogen) atoms. The molecule has 0 unspecified atom stereocenters. The molecule has 0 aliphatic heterocycles. The topological polar surface area (TPSA) is 73.6 Å². The molecule has 1 saturated carbocycles. The van der Waals surface area contributed by atoms with Crippen LogP contribution in [-0.2, 0) is 16.8 Å². The van der Waals surface area contributed by atoms with Crippen LogP contribution in [0, 0.1) is 0 Å². The quantitative estimate of drug-likeness (QED) is 0.624. The van der Waals surface area contributed by atoms with Crippen LogP contribution in [-0.4, -0.2) is 25.3 Å². The summed E-state index contributed by atoms with van der Waals surface area (Å²) in [5, 5.41) is 7.80. The molecule has 7 heteroatoms. The standard InChI is InChI=1S/C22H21ClN2O4/c1-27-17-8-7-14(11-19(17)28-2)18-12-20(25-29-18)22(9-10-22)21(26)24-13-15-5-3-4-6-16(15)23/h3-8,11-12H,9-10,13H2,1-2H3,(H,24,26). The molecule has 1 aromatic heterocycles. The number of halogens is 1. The van der Waals surface area contributed by atoms with Crippen molar-refractivity contribution in [2.45, 2.75) is 24.8 Å². The second-order valence-electron chi connectivity index (χ2n) is 7.00. The minimum Gasteiger partial charge on any atom is -0.493 e. The van der Waals surface area contributed by atoms with Crippen LogP contribution in [0.3, 0.4) is 0 Å². The molecule has 0 bridgehead atoms. The van der Waals surface area contributed by atoms with Crippen LogP contribution in [0.4, 0.5) is 0 Å². The lowest BCUT2D eigenvalue weighted by molar-refractivity contribution is -0.123. The van der Waals surface area contributed by atoms with E-state index < -0.39 is 5.41 Å². The van der Waals surface area contributed by atoms with E-state index in [9.17, 15) is 4.79 Å². The zero-order valence-corrected chi connectivity index (χ0v) is 17.0. The third kappa shape index (κ3) is 3.68. The fourth-order valence-corrected chi connectivity index (χ4v) is 3.54. The van der Waals surface area contributed by atoms with Gasteiger partial charge in [-0.25, -0.2) is 0 Å². The Morgan fingerprint density at radius 3 is 2.59 bits per heavy atom. The zero-order valence-electron chi connectivity index (χ0n) is 16.2. The molecule has 1 N–H and O–H groups in total. The number of benzene rings is 2. The Morgan fingerprint density at radius 2 is 1.90 bits per heavy atom. The van der Waals surface area contributed by atoms with Crippen molar-refractivity contribution in [3.63, 3.8) is 0 Å². The Bertz CT molecular complexity index is 1040. The molecular formula is C22H21ClN2O4. The Hall–Kier alpha value is -2.99. The summed E-state index contributed by atoms with van der Waals surface area (Å²) in [4.78, 5) is 12.9. The van der Waals surface area contributed by atoms with Crippen molar-refractivity contribution in [3.05, 3.63) is 64.8 Å². The maximum Gasteiger partial charge on any atom is 0.232 e. The van der Waals surface area contributed by atoms with Crippen molar-refractivity contribution in [1.29, 1.82) is 0 Å². The highest BCUT2D eigenvalue weighted by atomic mass is 35.5. The second-order valence-corrected chi connectivity index (χ2v) is 7.41. The summed E-state index contributed by atoms with van der Waals surface area (Å²) >= 11 is 6.17. The van der Waals surface area contributed by atoms with Crippen LogP contribution in [0.5, 0.6) is 11.5 Å². The molecule has 4 rings (SSSR count). The molecule has 1 amide bonds. The van der Waals surface area contributed by atoms with Crippen molar-refractivity contribution in [2.24, 2.45) is 0 Å². The molecule has 0 saturated heterocycles. The van der Waals surface area contributed by atoms with Crippen LogP contribution in [0.25, 0.3) is 11.3 Å². The van der Waals surface area contributed by atoms with Gasteiger partial charge in [-0.3, -0.25) is 4.79 Å². The van der Waals surface area contributed by atoms with Gasteiger partial charge in [-0.1, -0.05) is 35.0 Å². The maximum absolute atomic E-state index is 12.9. The third-order valence-electron chi connectivity index (χ3n) is 5.25. The Balaban J connectivity index is 1.51. The van der Waals surface area contributed by atoms with Crippen LogP contribution in [0.15, 0.2) is 53.1 Å². The number of methoxy groups -OCH3 is 2. The van der Waals surface area contributed by atoms with E-state index in [0.29, 0.717) is 34.5 Å². The molecule has 1 heterocycles. The van der Waals surface area contributed by atoms with E-state index in [1.54, 1.807) is 20.3 Å². The number of nitrogens with one attached hydrogen (secondary N) is 1. The number of nitrogens with zero attached hydrogens (tertiary/aromatic N) is 1. The average Bonchev–Trinajstić information content (AvgIpc) is 3.42. The van der Waals surface area contributed by atoms with Gasteiger partial charge in [0.2, 0.25) is 5.91 Å². The number of rotatable bonds is 7. The van der Waals surface area contributed by atoms with E-state index in [1.165, 1.54) is 0 Å². The first kappa shape index (κ1) is 19.3. The lowest BCUT2D eigenvalue weighted by Crippen LogP contribution is -2.34. The summed E-state index contributed by atoms with van der Waals surface area (Å²) in [6.45, 7) is 0.376. The first-order chi connectivity index (χ1) is 14.1. The van der Waals surface area contributed by atoms with Gasteiger partial charge in [0.05, 0.1) is 25.3 Å². The first-order valence-corrected chi connectivity index (χ1v) is 9.66. The number of hydrogen-bond acceptors (Lipinski definition) is 5. The van der Waals surface area contributed by atoms with Gasteiger partial charge in [-0.05, 0) is 42.7 Å². The van der Waals surface area contributed by atoms with E-state index in [-0.39, 0.29) is 5.91 Å². The lowest BCUT2D eigenvalue weighted by atomic mass is 10.00. The van der Waals surface area contributed by atoms with Crippen LogP contribution in [0.2, 0.25) is 5.02 Å². The van der Waals surface area contributed by atoms with Crippen molar-refractivity contribution in [3.8, 4) is 22.8 Å². The van der Waals surface area contributed by atoms with Crippen LogP contribution in [0.1, 0.15) is 24.1 Å². The first-order valence-electron chi connectivity index (χ1n) is 9.29. The van der Waals surface area contributed by atoms with E-state index >= 15 is 0 Å². The number of carbonyl (C=O) groups is 1. The molecule has 150 valence electrons. The molecule has 6 nitrogen and oxygen atoms in total. The highest BCUT2D eigenvalue weighted by Crippen LogP contribution is 2.49. The molecule has 1 aliphatic rings. The fraction of sp³-hybridized carbons (Fsp3) is 0.273. The summed E-state index contributed by atoms with van der Waals surface area (Å²) in [6.07, 6.45) is 1.47. The number of amides is 1. The van der Waals surface area contributed by atoms with Gasteiger partial charge < -0.3 is 19.3 Å². The number of carbonyl (C=O) groups excluding carboxylic acids is 1. The van der Waals surface area contributed by atoms with E-state index in [1.807, 2.05) is 42.5 Å². The average molecular weight is 413 g/mol. The zero-order chi connectivity index (χ0) is 20.4. The van der Waals surface area contributed by atoms with E-state index in [0.717, 1.165) is 24.0 Å². The van der Waals surface area contributed by atoms with E-state index in [2.05, 4.69) is 10.5 Å². The minimum absolute atomic E-state index is 0.0652. The second kappa shape index (κ2) is 7.79. The van der Waals surface area contributed by atoms with Gasteiger partial charge in [0.25, 0.3) is 0 Å². The van der Waals surface area contributed by atoms with Gasteiger partial charge in [0.1, 0.15) is 0 Å². The van der Waals surface area contributed by atoms with Crippen molar-refractivity contribution < 1.29 is 18.8 Å². The summed E-state index contributed by atoms with van der Waals surface area (Å²) in [5.74, 6) is 1.74. The molecule has 0 atom stereocenters. The maximum atomic E-state index is 12.9. The normalized spacial score (nSPS) is 14.3. The third-order valence-corrected chi connectivity index (χ3v) is 5.62. The van der Waals surface area contributed by atoms with Gasteiger partial charge in [-0.2, -0.15) is 0 Å². The molecule has 0 radical (unpaired) electrons. The SMILES string of the molecule is COc1ccc(-c2cc(C3(C(=O)NCc4ccccc4Cl)CC3)no2)cc1OC. The predicted molar refractivity (Wildman–Crippen MR) is 109 cm³/mol. The number of hydrogen-bond donors (Lipinski definition) is 1. The van der Waals surface area contributed by atoms with Crippen molar-refractivity contribution in [1.82, 2.24) is 10.5 Å². The molecule has 3 aromatic rings. The van der Waals surface area contributed by atoms with Gasteiger partial charge in [-0.15, -0.1) is 0 Å². The lowest BCUT2D eigenvalue weighted by Gasteiger charge is -2.13. The molecular weight excluding hydrogens is 392 g/mol. The molecule has 0 spiro atoms. The van der Waals surface area contributed by atoms with Crippen molar-refractivity contribution >= 4 is 17.5 Å². The summed E-state index contributed by atoms with van der Waals surface area (Å²) in [6, 6.07) is 14.8. The predicted octanol–water partition coefficient (Wildman–Crippen LogP) is 4.36. The Morgan fingerprint density at radius 1 is 1.14 bits per heavy atom. The molecule has 1 aliphatic carbocycles. The largest absolute Gasteiger partial charge is 0.493 e. The molecule has 1 fully saturated rings. The fourth-order valence-electron chi connectivity index (χ4n) is 3.34. The number of ether oxygens (including phenoxy) is 2. The van der Waals surface area contributed by atoms with Crippen LogP contribution < -0.4 is 14.8 Å². The smallest absolute Gasteiger partial charge is 0.232 e. The van der Waals surface area contributed by atoms with Gasteiger partial charge >= 0.3 is 0 Å². The molecule has 2 aromatic carbocycles. The summed E-state index contributed by atoms with van der Waals surface area (Å²) in [5.41, 5.74) is 1.68. The van der Waals surface area contributed by atoms with E-state index in [4.69, 9.17) is 25.6 Å². The number of aromatic nitrogens is 1. The van der Waals surface area contributed by atoms with Gasteiger partial charge in [0.15, 0.2) is 17.3 Å².